The van der Waals surface area contributed by atoms with Gasteiger partial charge in [0.15, 0.2) is 11.5 Å². The lowest BCUT2D eigenvalue weighted by atomic mass is 10.2. The van der Waals surface area contributed by atoms with Crippen LogP contribution >= 0.6 is 0 Å². The summed E-state index contributed by atoms with van der Waals surface area (Å²) in [4.78, 5) is 8.53. The highest BCUT2D eigenvalue weighted by molar-refractivity contribution is 5.61. The van der Waals surface area contributed by atoms with Crippen molar-refractivity contribution >= 4 is 0 Å². The smallest absolute Gasteiger partial charge is 0.258 e. The van der Waals surface area contributed by atoms with Crippen molar-refractivity contribution in [2.24, 2.45) is 0 Å². The summed E-state index contributed by atoms with van der Waals surface area (Å²) < 4.78 is 15.7. The first-order valence-corrected chi connectivity index (χ1v) is 6.29. The first-order valence-electron chi connectivity index (χ1n) is 6.29. The summed E-state index contributed by atoms with van der Waals surface area (Å²) >= 11 is 0. The van der Waals surface area contributed by atoms with E-state index < -0.39 is 0 Å². The molecule has 0 fully saturated rings. The van der Waals surface area contributed by atoms with Crippen molar-refractivity contribution in [3.63, 3.8) is 0 Å². The molecule has 0 saturated heterocycles. The number of hydrogen-bond donors (Lipinski definition) is 0. The van der Waals surface area contributed by atoms with E-state index in [9.17, 15) is 0 Å². The molecule has 6 heteroatoms. The number of aromatic nitrogens is 3. The minimum Gasteiger partial charge on any atom is -0.493 e. The average molecular weight is 283 g/mol. The van der Waals surface area contributed by atoms with Crippen LogP contribution in [0.3, 0.4) is 0 Å². The van der Waals surface area contributed by atoms with Gasteiger partial charge in [0.25, 0.3) is 5.89 Å². The fourth-order valence-corrected chi connectivity index (χ4v) is 1.91. The highest BCUT2D eigenvalue weighted by Gasteiger charge is 2.13. The Morgan fingerprint density at radius 2 is 1.86 bits per heavy atom. The van der Waals surface area contributed by atoms with Gasteiger partial charge in [-0.05, 0) is 30.3 Å². The Kier molecular flexibility index (Phi) is 3.51. The van der Waals surface area contributed by atoms with E-state index in [1.165, 1.54) is 0 Å². The van der Waals surface area contributed by atoms with Crippen molar-refractivity contribution in [2.45, 2.75) is 0 Å². The molecule has 0 unspecified atom stereocenters. The number of nitrogens with zero attached hydrogens (tertiary/aromatic N) is 3. The number of benzene rings is 1. The van der Waals surface area contributed by atoms with E-state index in [1.807, 2.05) is 24.3 Å². The minimum absolute atomic E-state index is 0.400. The van der Waals surface area contributed by atoms with Gasteiger partial charge in [-0.2, -0.15) is 4.98 Å². The standard InChI is InChI=1S/C15H13N3O3/c1-19-12-7-6-10(9-13(12)20-2)15-17-14(18-21-15)11-5-3-4-8-16-11/h3-9H,1-2H3. The fraction of sp³-hybridized carbons (Fsp3) is 0.133. The molecule has 0 spiro atoms. The van der Waals surface area contributed by atoms with E-state index in [1.54, 1.807) is 32.5 Å². The van der Waals surface area contributed by atoms with Crippen LogP contribution in [0.2, 0.25) is 0 Å². The molecule has 0 bridgehead atoms. The van der Waals surface area contributed by atoms with E-state index in [0.717, 1.165) is 5.56 Å². The molecule has 106 valence electrons. The van der Waals surface area contributed by atoms with Gasteiger partial charge in [0.2, 0.25) is 5.82 Å². The first-order chi connectivity index (χ1) is 10.3. The summed E-state index contributed by atoms with van der Waals surface area (Å²) in [6, 6.07) is 10.9. The molecule has 0 aliphatic heterocycles. The SMILES string of the molecule is COc1ccc(-c2nc(-c3ccccn3)no2)cc1OC. The number of pyridine rings is 1. The van der Waals surface area contributed by atoms with Gasteiger partial charge in [0.05, 0.1) is 14.2 Å². The molecule has 0 aliphatic carbocycles. The molecule has 3 rings (SSSR count). The van der Waals surface area contributed by atoms with Gasteiger partial charge in [0, 0.05) is 11.8 Å². The van der Waals surface area contributed by atoms with Crippen molar-refractivity contribution in [3.8, 4) is 34.5 Å². The van der Waals surface area contributed by atoms with Gasteiger partial charge >= 0.3 is 0 Å². The predicted octanol–water partition coefficient (Wildman–Crippen LogP) is 2.82. The molecule has 1 aromatic carbocycles. The van der Waals surface area contributed by atoms with E-state index in [0.29, 0.717) is 28.9 Å². The fourth-order valence-electron chi connectivity index (χ4n) is 1.91. The summed E-state index contributed by atoms with van der Waals surface area (Å²) in [5.41, 5.74) is 1.41. The molecule has 2 aromatic heterocycles. The molecule has 0 amide bonds. The molecule has 0 aliphatic rings. The van der Waals surface area contributed by atoms with Crippen LogP contribution in [0.15, 0.2) is 47.1 Å². The third-order valence-corrected chi connectivity index (χ3v) is 2.95. The summed E-state index contributed by atoms with van der Waals surface area (Å²) in [5.74, 6) is 2.09. The highest BCUT2D eigenvalue weighted by atomic mass is 16.5. The van der Waals surface area contributed by atoms with Crippen LogP contribution in [0.4, 0.5) is 0 Å². The van der Waals surface area contributed by atoms with Crippen LogP contribution in [-0.4, -0.2) is 29.3 Å². The molecule has 0 saturated carbocycles. The predicted molar refractivity (Wildman–Crippen MR) is 76.1 cm³/mol. The van der Waals surface area contributed by atoms with Crippen LogP contribution in [0.25, 0.3) is 23.0 Å². The van der Waals surface area contributed by atoms with Gasteiger partial charge in [-0.3, -0.25) is 4.98 Å². The largest absolute Gasteiger partial charge is 0.493 e. The number of rotatable bonds is 4. The van der Waals surface area contributed by atoms with Crippen molar-refractivity contribution in [1.82, 2.24) is 15.1 Å². The maximum absolute atomic E-state index is 5.28. The van der Waals surface area contributed by atoms with Gasteiger partial charge in [-0.25, -0.2) is 0 Å². The lowest BCUT2D eigenvalue weighted by molar-refractivity contribution is 0.355. The van der Waals surface area contributed by atoms with E-state index in [-0.39, 0.29) is 0 Å². The van der Waals surface area contributed by atoms with Crippen molar-refractivity contribution in [1.29, 1.82) is 0 Å². The van der Waals surface area contributed by atoms with E-state index in [2.05, 4.69) is 15.1 Å². The molecule has 21 heavy (non-hydrogen) atoms. The average Bonchev–Trinajstić information content (AvgIpc) is 3.05. The van der Waals surface area contributed by atoms with Crippen molar-refractivity contribution < 1.29 is 14.0 Å². The summed E-state index contributed by atoms with van der Waals surface area (Å²) in [6.45, 7) is 0. The Bertz CT molecular complexity index is 741. The Hall–Kier alpha value is -2.89. The van der Waals surface area contributed by atoms with Crippen LogP contribution < -0.4 is 9.47 Å². The molecule has 0 atom stereocenters. The van der Waals surface area contributed by atoms with Crippen LogP contribution in [-0.2, 0) is 0 Å². The normalized spacial score (nSPS) is 10.4. The molecule has 6 nitrogen and oxygen atoms in total. The Balaban J connectivity index is 1.97. The third kappa shape index (κ3) is 2.55. The van der Waals surface area contributed by atoms with Crippen LogP contribution in [0, 0.1) is 0 Å². The zero-order chi connectivity index (χ0) is 14.7. The number of methoxy groups -OCH3 is 2. The summed E-state index contributed by atoms with van der Waals surface area (Å²) in [5, 5.41) is 3.94. The van der Waals surface area contributed by atoms with E-state index in [4.69, 9.17) is 14.0 Å². The molecule has 0 radical (unpaired) electrons. The Morgan fingerprint density at radius 3 is 2.57 bits per heavy atom. The maximum atomic E-state index is 5.28. The molecule has 3 aromatic rings. The number of ether oxygens (including phenoxy) is 2. The lowest BCUT2D eigenvalue weighted by Crippen LogP contribution is -1.91. The monoisotopic (exact) mass is 283 g/mol. The van der Waals surface area contributed by atoms with Crippen molar-refractivity contribution in [3.05, 3.63) is 42.6 Å². The zero-order valence-electron chi connectivity index (χ0n) is 11.6. The molecule has 0 N–H and O–H groups in total. The van der Waals surface area contributed by atoms with Gasteiger partial charge in [0.1, 0.15) is 5.69 Å². The second-order valence-corrected chi connectivity index (χ2v) is 4.21. The second kappa shape index (κ2) is 5.62. The quantitative estimate of drug-likeness (QED) is 0.733. The Labute approximate surface area is 121 Å². The third-order valence-electron chi connectivity index (χ3n) is 2.95. The van der Waals surface area contributed by atoms with Crippen molar-refractivity contribution in [2.75, 3.05) is 14.2 Å². The molecule has 2 heterocycles. The molecular weight excluding hydrogens is 270 g/mol. The molecular formula is C15H13N3O3. The Morgan fingerprint density at radius 1 is 1.00 bits per heavy atom. The van der Waals surface area contributed by atoms with Crippen LogP contribution in [0.1, 0.15) is 0 Å². The second-order valence-electron chi connectivity index (χ2n) is 4.21. The number of hydrogen-bond acceptors (Lipinski definition) is 6. The van der Waals surface area contributed by atoms with Gasteiger partial charge in [-0.15, -0.1) is 0 Å². The highest BCUT2D eigenvalue weighted by Crippen LogP contribution is 2.32. The van der Waals surface area contributed by atoms with Gasteiger partial charge in [-0.1, -0.05) is 11.2 Å². The topological polar surface area (TPSA) is 70.3 Å². The first kappa shape index (κ1) is 13.1. The summed E-state index contributed by atoms with van der Waals surface area (Å²) in [7, 11) is 3.16. The zero-order valence-corrected chi connectivity index (χ0v) is 11.6. The minimum atomic E-state index is 0.400. The van der Waals surface area contributed by atoms with Gasteiger partial charge < -0.3 is 14.0 Å². The maximum Gasteiger partial charge on any atom is 0.258 e. The summed E-state index contributed by atoms with van der Waals surface area (Å²) in [6.07, 6.45) is 1.68. The van der Waals surface area contributed by atoms with E-state index >= 15 is 0 Å². The lowest BCUT2D eigenvalue weighted by Gasteiger charge is -2.07. The van der Waals surface area contributed by atoms with Crippen LogP contribution in [0.5, 0.6) is 11.5 Å².